The molecule has 1 heterocycles. The van der Waals surface area contributed by atoms with E-state index in [0.29, 0.717) is 12.3 Å². The van der Waals surface area contributed by atoms with Crippen LogP contribution in [0.4, 0.5) is 5.69 Å². The fourth-order valence-electron chi connectivity index (χ4n) is 3.52. The molecule has 1 unspecified atom stereocenters. The second-order valence-electron chi connectivity index (χ2n) is 7.33. The van der Waals surface area contributed by atoms with Gasteiger partial charge >= 0.3 is 0 Å². The van der Waals surface area contributed by atoms with Crippen molar-refractivity contribution in [3.05, 3.63) is 76.6 Å². The van der Waals surface area contributed by atoms with Gasteiger partial charge in [-0.2, -0.15) is 0 Å². The molecule has 1 N–H and O–H groups in total. The number of nitrogens with zero attached hydrogens (tertiary/aromatic N) is 1. The fourth-order valence-corrected chi connectivity index (χ4v) is 3.52. The SMILES string of the molecule is COCc1ccccc1C1C(C(=O)C(C)C)=C(O)C(=O)N1c1ccc(C)cc1. The van der Waals surface area contributed by atoms with Gasteiger partial charge in [0.05, 0.1) is 18.2 Å². The molecule has 2 aromatic rings. The summed E-state index contributed by atoms with van der Waals surface area (Å²) in [6.07, 6.45) is 0. The predicted octanol–water partition coefficient (Wildman–Crippen LogP) is 4.27. The minimum absolute atomic E-state index is 0.143. The summed E-state index contributed by atoms with van der Waals surface area (Å²) in [6, 6.07) is 14.3. The van der Waals surface area contributed by atoms with Crippen LogP contribution in [0.1, 0.15) is 36.6 Å². The largest absolute Gasteiger partial charge is 0.503 e. The molecule has 0 aromatic heterocycles. The van der Waals surface area contributed by atoms with E-state index in [1.165, 1.54) is 4.90 Å². The molecule has 0 spiro atoms. The van der Waals surface area contributed by atoms with Crippen LogP contribution in [0, 0.1) is 12.8 Å². The highest BCUT2D eigenvalue weighted by atomic mass is 16.5. The number of Topliss-reactive ketones (excluding diaryl/α,β-unsaturated/α-hetero) is 1. The van der Waals surface area contributed by atoms with Gasteiger partial charge in [0.2, 0.25) is 0 Å². The predicted molar refractivity (Wildman–Crippen MR) is 108 cm³/mol. The third-order valence-electron chi connectivity index (χ3n) is 4.96. The zero-order chi connectivity index (χ0) is 20.4. The van der Waals surface area contributed by atoms with E-state index < -0.39 is 17.7 Å². The monoisotopic (exact) mass is 379 g/mol. The summed E-state index contributed by atoms with van der Waals surface area (Å²) in [5, 5.41) is 10.7. The zero-order valence-electron chi connectivity index (χ0n) is 16.6. The average molecular weight is 379 g/mol. The molecular weight excluding hydrogens is 354 g/mol. The number of ether oxygens (including phenoxy) is 1. The highest BCUT2D eigenvalue weighted by Gasteiger charge is 2.45. The number of hydrogen-bond donors (Lipinski definition) is 1. The molecule has 1 aliphatic heterocycles. The van der Waals surface area contributed by atoms with Gasteiger partial charge in [-0.05, 0) is 30.2 Å². The fraction of sp³-hybridized carbons (Fsp3) is 0.304. The maximum atomic E-state index is 13.0. The standard InChI is InChI=1S/C23H25NO4/c1-14(2)21(25)19-20(18-8-6-5-7-16(18)13-28-4)24(23(27)22(19)26)17-11-9-15(3)10-12-17/h5-12,14,20,26H,13H2,1-4H3. The Labute approximate surface area is 165 Å². The number of methoxy groups -OCH3 is 1. The Bertz CT molecular complexity index is 928. The van der Waals surface area contributed by atoms with Gasteiger partial charge in [0.15, 0.2) is 11.5 Å². The lowest BCUT2D eigenvalue weighted by Gasteiger charge is -2.29. The molecule has 3 rings (SSSR count). The molecule has 0 fully saturated rings. The van der Waals surface area contributed by atoms with Crippen LogP contribution < -0.4 is 4.90 Å². The number of carbonyl (C=O) groups excluding carboxylic acids is 2. The Morgan fingerprint density at radius 1 is 1.14 bits per heavy atom. The molecule has 146 valence electrons. The number of benzene rings is 2. The van der Waals surface area contributed by atoms with E-state index in [9.17, 15) is 14.7 Å². The van der Waals surface area contributed by atoms with Crippen molar-refractivity contribution in [3.63, 3.8) is 0 Å². The first-order chi connectivity index (χ1) is 13.4. The van der Waals surface area contributed by atoms with E-state index >= 15 is 0 Å². The number of carbonyl (C=O) groups is 2. The summed E-state index contributed by atoms with van der Waals surface area (Å²) < 4.78 is 5.31. The molecule has 0 aliphatic carbocycles. The number of amides is 1. The molecule has 28 heavy (non-hydrogen) atoms. The third-order valence-corrected chi connectivity index (χ3v) is 4.96. The molecule has 0 radical (unpaired) electrons. The summed E-state index contributed by atoms with van der Waals surface area (Å²) in [5.41, 5.74) is 3.47. The van der Waals surface area contributed by atoms with Crippen LogP contribution in [-0.2, 0) is 20.9 Å². The highest BCUT2D eigenvalue weighted by molar-refractivity contribution is 6.16. The van der Waals surface area contributed by atoms with E-state index in [2.05, 4.69) is 0 Å². The Kier molecular flexibility index (Phi) is 5.66. The first kappa shape index (κ1) is 19.8. The van der Waals surface area contributed by atoms with Crippen molar-refractivity contribution in [2.45, 2.75) is 33.4 Å². The zero-order valence-corrected chi connectivity index (χ0v) is 16.6. The van der Waals surface area contributed by atoms with E-state index in [1.54, 1.807) is 21.0 Å². The second kappa shape index (κ2) is 7.98. The second-order valence-corrected chi connectivity index (χ2v) is 7.33. The lowest BCUT2D eigenvalue weighted by atomic mass is 9.89. The molecule has 2 aromatic carbocycles. The molecule has 0 bridgehead atoms. The number of ketones is 1. The quantitative estimate of drug-likeness (QED) is 0.814. The van der Waals surface area contributed by atoms with Crippen molar-refractivity contribution in [1.29, 1.82) is 0 Å². The molecular formula is C23H25NO4. The van der Waals surface area contributed by atoms with E-state index in [-0.39, 0.29) is 17.3 Å². The Morgan fingerprint density at radius 3 is 2.39 bits per heavy atom. The first-order valence-electron chi connectivity index (χ1n) is 9.31. The van der Waals surface area contributed by atoms with Gasteiger partial charge in [0, 0.05) is 18.7 Å². The number of aryl methyl sites for hydroxylation is 1. The van der Waals surface area contributed by atoms with Crippen molar-refractivity contribution in [1.82, 2.24) is 0 Å². The summed E-state index contributed by atoms with van der Waals surface area (Å²) in [4.78, 5) is 27.5. The van der Waals surface area contributed by atoms with E-state index in [4.69, 9.17) is 4.74 Å². The maximum absolute atomic E-state index is 13.0. The van der Waals surface area contributed by atoms with Crippen LogP contribution in [0.5, 0.6) is 0 Å². The maximum Gasteiger partial charge on any atom is 0.294 e. The van der Waals surface area contributed by atoms with Crippen LogP contribution in [0.2, 0.25) is 0 Å². The van der Waals surface area contributed by atoms with Gasteiger partial charge in [0.1, 0.15) is 0 Å². The summed E-state index contributed by atoms with van der Waals surface area (Å²) in [5.74, 6) is -1.63. The lowest BCUT2D eigenvalue weighted by molar-refractivity contribution is -0.119. The minimum atomic E-state index is -0.698. The van der Waals surface area contributed by atoms with Gasteiger partial charge in [0.25, 0.3) is 5.91 Å². The van der Waals surface area contributed by atoms with E-state index in [1.807, 2.05) is 55.5 Å². The molecule has 0 saturated heterocycles. The van der Waals surface area contributed by atoms with Crippen molar-refractivity contribution >= 4 is 17.4 Å². The highest BCUT2D eigenvalue weighted by Crippen LogP contribution is 2.43. The van der Waals surface area contributed by atoms with Crippen LogP contribution in [0.3, 0.4) is 0 Å². The average Bonchev–Trinajstić information content (AvgIpc) is 2.93. The van der Waals surface area contributed by atoms with Gasteiger partial charge in [-0.1, -0.05) is 55.8 Å². The van der Waals surface area contributed by atoms with Gasteiger partial charge in [-0.3, -0.25) is 14.5 Å². The molecule has 0 saturated carbocycles. The molecule has 1 atom stereocenters. The smallest absolute Gasteiger partial charge is 0.294 e. The Balaban J connectivity index is 2.22. The van der Waals surface area contributed by atoms with Crippen LogP contribution in [0.15, 0.2) is 59.9 Å². The number of rotatable bonds is 6. The van der Waals surface area contributed by atoms with Crippen molar-refractivity contribution in [3.8, 4) is 0 Å². The number of aliphatic hydroxyl groups excluding tert-OH is 1. The lowest BCUT2D eigenvalue weighted by Crippen LogP contribution is -2.32. The van der Waals surface area contributed by atoms with Crippen LogP contribution in [-0.4, -0.2) is 23.9 Å². The number of aliphatic hydroxyl groups is 1. The van der Waals surface area contributed by atoms with Crippen molar-refractivity contribution < 1.29 is 19.4 Å². The third kappa shape index (κ3) is 3.45. The number of anilines is 1. The van der Waals surface area contributed by atoms with Crippen molar-refractivity contribution in [2.75, 3.05) is 12.0 Å². The Hall–Kier alpha value is -2.92. The van der Waals surface area contributed by atoms with Crippen LogP contribution >= 0.6 is 0 Å². The topological polar surface area (TPSA) is 66.8 Å². The van der Waals surface area contributed by atoms with Crippen molar-refractivity contribution in [2.24, 2.45) is 5.92 Å². The molecule has 1 aliphatic rings. The Morgan fingerprint density at radius 2 is 1.79 bits per heavy atom. The minimum Gasteiger partial charge on any atom is -0.503 e. The summed E-state index contributed by atoms with van der Waals surface area (Å²) >= 11 is 0. The summed E-state index contributed by atoms with van der Waals surface area (Å²) in [7, 11) is 1.60. The molecule has 5 nitrogen and oxygen atoms in total. The number of hydrogen-bond acceptors (Lipinski definition) is 4. The summed E-state index contributed by atoms with van der Waals surface area (Å²) in [6.45, 7) is 5.83. The van der Waals surface area contributed by atoms with Gasteiger partial charge in [-0.15, -0.1) is 0 Å². The van der Waals surface area contributed by atoms with Gasteiger partial charge < -0.3 is 9.84 Å². The molecule has 5 heteroatoms. The van der Waals surface area contributed by atoms with Crippen LogP contribution in [0.25, 0.3) is 0 Å². The first-order valence-corrected chi connectivity index (χ1v) is 9.31. The molecule has 1 amide bonds. The van der Waals surface area contributed by atoms with E-state index in [0.717, 1.165) is 16.7 Å². The normalized spacial score (nSPS) is 17.0. The van der Waals surface area contributed by atoms with Gasteiger partial charge in [-0.25, -0.2) is 0 Å².